The number of nitro groups is 1. The topological polar surface area (TPSA) is 74.0 Å². The van der Waals surface area contributed by atoms with E-state index in [9.17, 15) is 10.1 Å². The van der Waals surface area contributed by atoms with Crippen LogP contribution in [0.2, 0.25) is 0 Å². The van der Waals surface area contributed by atoms with Crippen molar-refractivity contribution in [1.29, 1.82) is 0 Å². The predicted octanol–water partition coefficient (Wildman–Crippen LogP) is 5.49. The molecule has 6 nitrogen and oxygen atoms in total. The summed E-state index contributed by atoms with van der Waals surface area (Å²) in [6.07, 6.45) is 1.56. The Labute approximate surface area is 170 Å². The van der Waals surface area contributed by atoms with Crippen LogP contribution in [0.1, 0.15) is 16.7 Å². The number of rotatable bonds is 8. The summed E-state index contributed by atoms with van der Waals surface area (Å²) in [5.41, 5.74) is 2.51. The number of non-ortho nitro benzene ring substituents is 1. The third-order valence-electron chi connectivity index (χ3n) is 3.83. The van der Waals surface area contributed by atoms with E-state index in [0.717, 1.165) is 15.6 Å². The van der Waals surface area contributed by atoms with Crippen LogP contribution in [-0.4, -0.2) is 11.1 Å². The lowest BCUT2D eigenvalue weighted by Gasteiger charge is -2.09. The zero-order valence-electron chi connectivity index (χ0n) is 14.8. The Balaban J connectivity index is 1.63. The second-order valence-electron chi connectivity index (χ2n) is 5.89. The van der Waals surface area contributed by atoms with Crippen molar-refractivity contribution < 1.29 is 14.5 Å². The number of ether oxygens (including phenoxy) is 1. The van der Waals surface area contributed by atoms with Gasteiger partial charge in [0.05, 0.1) is 11.1 Å². The van der Waals surface area contributed by atoms with Crippen molar-refractivity contribution in [2.24, 2.45) is 5.16 Å². The van der Waals surface area contributed by atoms with Gasteiger partial charge in [0.2, 0.25) is 0 Å². The monoisotopic (exact) mass is 440 g/mol. The predicted molar refractivity (Wildman–Crippen MR) is 110 cm³/mol. The van der Waals surface area contributed by atoms with Crippen LogP contribution >= 0.6 is 15.9 Å². The van der Waals surface area contributed by atoms with E-state index < -0.39 is 4.92 Å². The number of hydrogen-bond acceptors (Lipinski definition) is 5. The fourth-order valence-electron chi connectivity index (χ4n) is 2.45. The molecule has 0 aliphatic rings. The van der Waals surface area contributed by atoms with Crippen molar-refractivity contribution in [3.63, 3.8) is 0 Å². The molecule has 142 valence electrons. The maximum Gasteiger partial charge on any atom is 0.269 e. The number of hydrogen-bond donors (Lipinski definition) is 0. The maximum absolute atomic E-state index is 10.8. The van der Waals surface area contributed by atoms with Crippen molar-refractivity contribution in [1.82, 2.24) is 0 Å². The molecule has 0 aliphatic heterocycles. The molecule has 0 bridgehead atoms. The van der Waals surface area contributed by atoms with E-state index in [2.05, 4.69) is 21.1 Å². The zero-order chi connectivity index (χ0) is 19.8. The standard InChI is InChI=1S/C21H17BrN2O4/c22-19-9-10-21(27-14-16-5-2-1-3-6-16)18(12-19)13-23-28-15-17-7-4-8-20(11-17)24(25)26/h1-13H,14-15H2/b23-13-. The van der Waals surface area contributed by atoms with Crippen LogP contribution in [0.15, 0.2) is 82.4 Å². The number of halogens is 1. The lowest BCUT2D eigenvalue weighted by molar-refractivity contribution is -0.384. The molecule has 0 aliphatic carbocycles. The molecule has 3 aromatic carbocycles. The fourth-order valence-corrected chi connectivity index (χ4v) is 2.83. The summed E-state index contributed by atoms with van der Waals surface area (Å²) in [5, 5.41) is 14.8. The van der Waals surface area contributed by atoms with Gasteiger partial charge in [-0.2, -0.15) is 0 Å². The largest absolute Gasteiger partial charge is 0.488 e. The Bertz CT molecular complexity index is 977. The summed E-state index contributed by atoms with van der Waals surface area (Å²) in [6, 6.07) is 21.8. The van der Waals surface area contributed by atoms with E-state index in [1.807, 2.05) is 48.5 Å². The minimum Gasteiger partial charge on any atom is -0.488 e. The number of oxime groups is 1. The van der Waals surface area contributed by atoms with Gasteiger partial charge in [-0.3, -0.25) is 10.1 Å². The molecule has 7 heteroatoms. The molecule has 0 saturated carbocycles. The van der Waals surface area contributed by atoms with E-state index >= 15 is 0 Å². The first kappa shape index (κ1) is 19.6. The van der Waals surface area contributed by atoms with Crippen LogP contribution in [0.3, 0.4) is 0 Å². The molecule has 0 radical (unpaired) electrons. The van der Waals surface area contributed by atoms with E-state index in [0.29, 0.717) is 17.9 Å². The van der Waals surface area contributed by atoms with Crippen LogP contribution in [0, 0.1) is 10.1 Å². The molecule has 0 amide bonds. The number of nitrogens with zero attached hydrogens (tertiary/aromatic N) is 2. The maximum atomic E-state index is 10.8. The van der Waals surface area contributed by atoms with Crippen molar-refractivity contribution in [3.05, 3.63) is 104 Å². The summed E-state index contributed by atoms with van der Waals surface area (Å²) >= 11 is 3.44. The first-order chi connectivity index (χ1) is 13.6. The van der Waals surface area contributed by atoms with Gasteiger partial charge in [0, 0.05) is 22.2 Å². The fraction of sp³-hybridized carbons (Fsp3) is 0.0952. The van der Waals surface area contributed by atoms with Crippen LogP contribution in [0.4, 0.5) is 5.69 Å². The van der Waals surface area contributed by atoms with Crippen molar-refractivity contribution in [2.45, 2.75) is 13.2 Å². The van der Waals surface area contributed by atoms with Gasteiger partial charge >= 0.3 is 0 Å². The Hall–Kier alpha value is -3.19. The summed E-state index contributed by atoms with van der Waals surface area (Å²) < 4.78 is 6.78. The van der Waals surface area contributed by atoms with Crippen LogP contribution in [0.25, 0.3) is 0 Å². The van der Waals surface area contributed by atoms with Crippen molar-refractivity contribution >= 4 is 27.8 Å². The highest BCUT2D eigenvalue weighted by atomic mass is 79.9. The first-order valence-corrected chi connectivity index (χ1v) is 9.26. The smallest absolute Gasteiger partial charge is 0.269 e. The SMILES string of the molecule is O=[N+]([O-])c1cccc(CO/N=C\c2cc(Br)ccc2OCc2ccccc2)c1. The molecule has 0 aromatic heterocycles. The lowest BCUT2D eigenvalue weighted by Crippen LogP contribution is -1.98. The molecule has 0 spiro atoms. The molecule has 0 heterocycles. The van der Waals surface area contributed by atoms with E-state index in [4.69, 9.17) is 9.57 Å². The van der Waals surface area contributed by atoms with Gasteiger partial charge in [-0.15, -0.1) is 0 Å². The molecule has 0 saturated heterocycles. The minimum absolute atomic E-state index is 0.0219. The van der Waals surface area contributed by atoms with Crippen LogP contribution < -0.4 is 4.74 Å². The highest BCUT2D eigenvalue weighted by Gasteiger charge is 2.06. The number of benzene rings is 3. The third kappa shape index (κ3) is 5.65. The molecule has 3 rings (SSSR count). The normalized spacial score (nSPS) is 10.8. The molecule has 0 N–H and O–H groups in total. The lowest BCUT2D eigenvalue weighted by atomic mass is 10.2. The van der Waals surface area contributed by atoms with Gasteiger partial charge in [-0.25, -0.2) is 0 Å². The Morgan fingerprint density at radius 1 is 0.964 bits per heavy atom. The molecular weight excluding hydrogens is 424 g/mol. The third-order valence-corrected chi connectivity index (χ3v) is 4.32. The van der Waals surface area contributed by atoms with E-state index in [1.54, 1.807) is 18.3 Å². The van der Waals surface area contributed by atoms with Gasteiger partial charge in [-0.05, 0) is 29.3 Å². The summed E-state index contributed by atoms with van der Waals surface area (Å²) in [6.45, 7) is 0.574. The Kier molecular flexibility index (Phi) is 6.75. The molecule has 0 fully saturated rings. The highest BCUT2D eigenvalue weighted by molar-refractivity contribution is 9.10. The second-order valence-corrected chi connectivity index (χ2v) is 6.81. The average Bonchev–Trinajstić information content (AvgIpc) is 2.71. The van der Waals surface area contributed by atoms with E-state index in [-0.39, 0.29) is 12.3 Å². The van der Waals surface area contributed by atoms with Crippen molar-refractivity contribution in [2.75, 3.05) is 0 Å². The second kappa shape index (κ2) is 9.66. The molecule has 28 heavy (non-hydrogen) atoms. The minimum atomic E-state index is -0.440. The summed E-state index contributed by atoms with van der Waals surface area (Å²) in [7, 11) is 0. The molecule has 0 unspecified atom stereocenters. The van der Waals surface area contributed by atoms with Crippen LogP contribution in [-0.2, 0) is 18.1 Å². The average molecular weight is 441 g/mol. The Morgan fingerprint density at radius 2 is 1.75 bits per heavy atom. The van der Waals surface area contributed by atoms with Gasteiger partial charge < -0.3 is 9.57 Å². The van der Waals surface area contributed by atoms with Gasteiger partial charge in [-0.1, -0.05) is 63.6 Å². The van der Waals surface area contributed by atoms with Gasteiger partial charge in [0.25, 0.3) is 5.69 Å². The number of nitro benzene ring substituents is 1. The molecular formula is C21H17BrN2O4. The quantitative estimate of drug-likeness (QED) is 0.263. The van der Waals surface area contributed by atoms with E-state index in [1.165, 1.54) is 12.1 Å². The summed E-state index contributed by atoms with van der Waals surface area (Å²) in [4.78, 5) is 15.7. The van der Waals surface area contributed by atoms with Gasteiger partial charge in [0.15, 0.2) is 0 Å². The highest BCUT2D eigenvalue weighted by Crippen LogP contribution is 2.23. The summed E-state index contributed by atoms with van der Waals surface area (Å²) in [5.74, 6) is 0.676. The first-order valence-electron chi connectivity index (χ1n) is 8.47. The van der Waals surface area contributed by atoms with Crippen LogP contribution in [0.5, 0.6) is 5.75 Å². The Morgan fingerprint density at radius 3 is 2.54 bits per heavy atom. The van der Waals surface area contributed by atoms with Gasteiger partial charge in [0.1, 0.15) is 19.0 Å². The zero-order valence-corrected chi connectivity index (χ0v) is 16.4. The van der Waals surface area contributed by atoms with Crippen molar-refractivity contribution in [3.8, 4) is 5.75 Å². The molecule has 0 atom stereocenters. The molecule has 3 aromatic rings.